The summed E-state index contributed by atoms with van der Waals surface area (Å²) in [6, 6.07) is 37.9. The van der Waals surface area contributed by atoms with Gasteiger partial charge in [0.25, 0.3) is 0 Å². The van der Waals surface area contributed by atoms with Crippen LogP contribution in [0.3, 0.4) is 0 Å². The van der Waals surface area contributed by atoms with Crippen molar-refractivity contribution in [1.82, 2.24) is 19.8 Å². The third-order valence-electron chi connectivity index (χ3n) is 13.6. The summed E-state index contributed by atoms with van der Waals surface area (Å²) in [6.07, 6.45) is -0.632. The zero-order valence-corrected chi connectivity index (χ0v) is 44.5. The van der Waals surface area contributed by atoms with Crippen LogP contribution in [0.5, 0.6) is 0 Å². The molecule has 0 bridgehead atoms. The highest BCUT2D eigenvalue weighted by Crippen LogP contribution is 2.44. The van der Waals surface area contributed by atoms with E-state index in [1.807, 2.05) is 60.7 Å². The maximum Gasteiger partial charge on any atom is 0.420 e. The lowest BCUT2D eigenvalue weighted by atomic mass is 10.0. The molecule has 4 amide bonds. The van der Waals surface area contributed by atoms with E-state index in [2.05, 4.69) is 10.6 Å². The van der Waals surface area contributed by atoms with Crippen molar-refractivity contribution in [2.45, 2.75) is 51.9 Å². The van der Waals surface area contributed by atoms with E-state index >= 15 is 0 Å². The number of benzene rings is 7. The molecule has 0 unspecified atom stereocenters. The molecule has 0 saturated carbocycles. The number of para-hydroxylation sites is 2. The quantitative estimate of drug-likeness (QED) is 0.0551. The Bertz CT molecular complexity index is 3660. The van der Waals surface area contributed by atoms with Crippen molar-refractivity contribution in [2.75, 3.05) is 44.6 Å². The number of nitrogens with one attached hydrogen (secondary N) is 2. The molecule has 2 N–H and O–H groups in total. The molecule has 1 aliphatic rings. The van der Waals surface area contributed by atoms with Gasteiger partial charge in [-0.1, -0.05) is 72.8 Å². The average Bonchev–Trinajstić information content (AvgIpc) is 4.31. The molecule has 0 spiro atoms. The fraction of sp³-hybridized carbons (Fsp3) is 0.200. The highest BCUT2D eigenvalue weighted by atomic mass is 32.2. The van der Waals surface area contributed by atoms with Crippen molar-refractivity contribution in [3.63, 3.8) is 0 Å². The Kier molecular flexibility index (Phi) is 16.2. The molecule has 9 aromatic rings. The van der Waals surface area contributed by atoms with Crippen molar-refractivity contribution in [3.05, 3.63) is 224 Å². The molecule has 0 radical (unpaired) electrons. The fourth-order valence-corrected chi connectivity index (χ4v) is 11.0. The maximum atomic E-state index is 14.7. The lowest BCUT2D eigenvalue weighted by Gasteiger charge is -2.28. The summed E-state index contributed by atoms with van der Waals surface area (Å²) in [6.45, 7) is 3.19. The molecule has 3 heterocycles. The Morgan fingerprint density at radius 1 is 0.494 bits per heavy atom. The van der Waals surface area contributed by atoms with E-state index in [1.54, 1.807) is 83.1 Å². The Morgan fingerprint density at radius 3 is 1.23 bits per heavy atom. The first kappa shape index (κ1) is 55.0. The number of rotatable bonds is 20. The summed E-state index contributed by atoms with van der Waals surface area (Å²) in [7, 11) is 0. The zero-order chi connectivity index (χ0) is 56.9. The second-order valence-corrected chi connectivity index (χ2v) is 20.2. The van der Waals surface area contributed by atoms with Crippen LogP contribution >= 0.6 is 12.1 Å². The number of anilines is 4. The minimum atomic E-state index is -1.38. The highest BCUT2D eigenvalue weighted by molar-refractivity contribution is 8.02. The summed E-state index contributed by atoms with van der Waals surface area (Å²) < 4.78 is 75.6. The summed E-state index contributed by atoms with van der Waals surface area (Å²) in [5.74, 6) is -7.33. The smallest absolute Gasteiger partial charge is 0.408 e. The van der Waals surface area contributed by atoms with Crippen LogP contribution in [0.4, 0.5) is 40.3 Å². The minimum Gasteiger partial charge on any atom is -0.408 e. The largest absolute Gasteiger partial charge is 0.420 e. The predicted molar refractivity (Wildman–Crippen MR) is 301 cm³/mol. The second-order valence-electron chi connectivity index (χ2n) is 19.2. The number of carbonyl (C=O) groups is 4. The molecule has 2 aromatic heterocycles. The molecule has 16 nitrogen and oxygen atoms in total. The molecule has 1 aliphatic heterocycles. The van der Waals surface area contributed by atoms with Crippen LogP contribution in [-0.2, 0) is 45.1 Å². The second kappa shape index (κ2) is 23.9. The SMILES string of the molecule is CCN(C(=O)[C@H](Cc1cc(F)cc(F)c1)NC(=O)CN1SN(CC(=O)N[C@@H](Cc2cc(F)cc(F)c2)C(=O)N(CC)c2ccc3oc(=O)n(Cc4ccccc4)c3c2)c2ccccc21)c1ccc2oc(=O)n(Cc3ccccc3)c2c1. The van der Waals surface area contributed by atoms with Gasteiger partial charge in [0.05, 0.1) is 47.6 Å². The van der Waals surface area contributed by atoms with Crippen LogP contribution in [0, 0.1) is 23.3 Å². The minimum absolute atomic E-state index is 0.0863. The Balaban J connectivity index is 0.875. The fourth-order valence-electron chi connectivity index (χ4n) is 9.97. The number of amides is 4. The summed E-state index contributed by atoms with van der Waals surface area (Å²) in [5, 5.41) is 5.58. The van der Waals surface area contributed by atoms with Gasteiger partial charge < -0.3 is 29.3 Å². The summed E-state index contributed by atoms with van der Waals surface area (Å²) in [5.41, 5.74) is 4.95. The molecule has 0 aliphatic carbocycles. The van der Waals surface area contributed by atoms with Crippen LogP contribution in [0.1, 0.15) is 36.1 Å². The van der Waals surface area contributed by atoms with Gasteiger partial charge in [-0.3, -0.25) is 36.9 Å². The lowest BCUT2D eigenvalue weighted by molar-refractivity contribution is -0.126. The van der Waals surface area contributed by atoms with E-state index in [1.165, 1.54) is 18.9 Å². The number of fused-ring (bicyclic) bond motifs is 3. The molecule has 0 saturated heterocycles. The molecule has 81 heavy (non-hydrogen) atoms. The first-order valence-electron chi connectivity index (χ1n) is 25.9. The van der Waals surface area contributed by atoms with Crippen molar-refractivity contribution in [1.29, 1.82) is 0 Å². The van der Waals surface area contributed by atoms with E-state index in [4.69, 9.17) is 8.83 Å². The van der Waals surface area contributed by atoms with E-state index in [-0.39, 0.29) is 61.3 Å². The van der Waals surface area contributed by atoms with E-state index < -0.39 is 83.6 Å². The molecular weight excluding hydrogens is 1070 g/mol. The van der Waals surface area contributed by atoms with Crippen LogP contribution in [-0.4, -0.2) is 71.0 Å². The number of nitrogens with zero attached hydrogens (tertiary/aromatic N) is 6. The van der Waals surface area contributed by atoms with Crippen LogP contribution in [0.2, 0.25) is 0 Å². The standard InChI is InChI=1S/C60H52F4N8O8S/c1-3-67(45-19-21-53-51(31-45)69(59(77)79-53)33-37-13-7-5-8-14-37)57(75)47(27-39-23-41(61)29-42(62)24-39)65-55(73)35-71-49-17-11-12-18-50(49)72(81-71)36-56(74)66-48(28-40-25-43(63)30-44(64)26-40)58(76)68(4-2)46-20-22-54-52(32-46)70(60(78)80-54)34-38-15-9-6-10-16-38/h5-26,29-32,47-48H,3-4,27-28,33-36H2,1-2H3,(H,65,73)(H,66,74)/t47-,48-/m0/s1. The zero-order valence-electron chi connectivity index (χ0n) is 43.7. The number of oxazole rings is 2. The predicted octanol–water partition coefficient (Wildman–Crippen LogP) is 8.91. The van der Waals surface area contributed by atoms with Gasteiger partial charge in [-0.15, -0.1) is 0 Å². The molecule has 2 atom stereocenters. The third-order valence-corrected chi connectivity index (χ3v) is 14.7. The van der Waals surface area contributed by atoms with E-state index in [0.717, 1.165) is 47.5 Å². The van der Waals surface area contributed by atoms with Crippen LogP contribution in [0.15, 0.2) is 176 Å². The summed E-state index contributed by atoms with van der Waals surface area (Å²) >= 11 is 0.990. The van der Waals surface area contributed by atoms with Gasteiger partial charge in [-0.25, -0.2) is 27.2 Å². The molecule has 0 fully saturated rings. The first-order chi connectivity index (χ1) is 39.1. The number of halogens is 4. The first-order valence-corrected chi connectivity index (χ1v) is 26.6. The average molecular weight is 1120 g/mol. The van der Waals surface area contributed by atoms with Gasteiger partial charge in [0.2, 0.25) is 23.6 Å². The number of carbonyl (C=O) groups excluding carboxylic acids is 4. The van der Waals surface area contributed by atoms with Crippen LogP contribution in [0.25, 0.3) is 22.2 Å². The monoisotopic (exact) mass is 1120 g/mol. The van der Waals surface area contributed by atoms with Crippen LogP contribution < -0.4 is 40.6 Å². The normalized spacial score (nSPS) is 12.8. The lowest BCUT2D eigenvalue weighted by Crippen LogP contribution is -2.52. The molecule has 414 valence electrons. The molecular formula is C60H52F4N8O8S. The molecule has 10 rings (SSSR count). The van der Waals surface area contributed by atoms with Crippen molar-refractivity contribution in [2.24, 2.45) is 0 Å². The maximum absolute atomic E-state index is 14.7. The van der Waals surface area contributed by atoms with Crippen molar-refractivity contribution in [3.8, 4) is 0 Å². The number of likely N-dealkylation sites (N-methyl/N-ethyl adjacent to an activating group) is 2. The van der Waals surface area contributed by atoms with Crippen molar-refractivity contribution >= 4 is 80.7 Å². The Morgan fingerprint density at radius 2 is 0.864 bits per heavy atom. The van der Waals surface area contributed by atoms with Gasteiger partial charge in [0.1, 0.15) is 48.4 Å². The summed E-state index contributed by atoms with van der Waals surface area (Å²) in [4.78, 5) is 86.9. The Hall–Kier alpha value is -9.37. The van der Waals surface area contributed by atoms with Gasteiger partial charge in [-0.2, -0.15) is 0 Å². The number of hydrogen-bond donors (Lipinski definition) is 2. The van der Waals surface area contributed by atoms with E-state index in [0.29, 0.717) is 45.9 Å². The topological polar surface area (TPSA) is 176 Å². The highest BCUT2D eigenvalue weighted by Gasteiger charge is 2.35. The van der Waals surface area contributed by atoms with E-state index in [9.17, 15) is 46.3 Å². The van der Waals surface area contributed by atoms with Crippen molar-refractivity contribution < 1.29 is 45.6 Å². The Labute approximate surface area is 465 Å². The van der Waals surface area contributed by atoms with Gasteiger partial charge in [0.15, 0.2) is 11.2 Å². The third kappa shape index (κ3) is 12.4. The molecule has 7 aromatic carbocycles. The number of hydrogen-bond acceptors (Lipinski definition) is 11. The molecule has 21 heteroatoms. The van der Waals surface area contributed by atoms with Gasteiger partial charge >= 0.3 is 11.5 Å². The van der Waals surface area contributed by atoms with Gasteiger partial charge in [0, 0.05) is 49.4 Å². The number of aromatic nitrogens is 2. The van der Waals surface area contributed by atoms with Gasteiger partial charge in [-0.05, 0) is 109 Å².